The Morgan fingerprint density at radius 3 is 1.30 bits per heavy atom. The standard InChI is InChI=1S/C26H30O4/c1-3-29-25-15-24(20-28-18-22-13-9-6-10-14-22)26(30-4-2)16-23(25)19-27-17-21-11-7-5-8-12-21/h5-16H,3-4,17-20H2,1-2H3. The number of hydrogen-bond acceptors (Lipinski definition) is 4. The zero-order chi connectivity index (χ0) is 21.0. The maximum atomic E-state index is 5.94. The third-order valence-corrected chi connectivity index (χ3v) is 4.58. The zero-order valence-corrected chi connectivity index (χ0v) is 17.8. The Kier molecular flexibility index (Phi) is 8.76. The Balaban J connectivity index is 1.69. The molecule has 0 aromatic heterocycles. The van der Waals surface area contributed by atoms with Crippen molar-refractivity contribution in [3.8, 4) is 11.5 Å². The lowest BCUT2D eigenvalue weighted by Gasteiger charge is -2.17. The van der Waals surface area contributed by atoms with Gasteiger partial charge in [0.1, 0.15) is 11.5 Å². The van der Waals surface area contributed by atoms with Crippen molar-refractivity contribution >= 4 is 0 Å². The van der Waals surface area contributed by atoms with Crippen molar-refractivity contribution < 1.29 is 18.9 Å². The molecule has 3 aromatic rings. The van der Waals surface area contributed by atoms with Gasteiger partial charge in [0, 0.05) is 11.1 Å². The Morgan fingerprint density at radius 1 is 0.533 bits per heavy atom. The van der Waals surface area contributed by atoms with E-state index in [0.29, 0.717) is 39.6 Å². The molecule has 0 spiro atoms. The summed E-state index contributed by atoms with van der Waals surface area (Å²) in [6.45, 7) is 7.16. The fourth-order valence-corrected chi connectivity index (χ4v) is 3.16. The maximum absolute atomic E-state index is 5.94. The molecule has 0 aliphatic rings. The van der Waals surface area contributed by atoms with Crippen LogP contribution in [0.4, 0.5) is 0 Å². The van der Waals surface area contributed by atoms with Crippen LogP contribution in [0.5, 0.6) is 11.5 Å². The minimum atomic E-state index is 0.454. The fourth-order valence-electron chi connectivity index (χ4n) is 3.16. The minimum Gasteiger partial charge on any atom is -0.493 e. The number of hydrogen-bond donors (Lipinski definition) is 0. The summed E-state index contributed by atoms with van der Waals surface area (Å²) in [6.07, 6.45) is 0. The van der Waals surface area contributed by atoms with Crippen LogP contribution in [0.25, 0.3) is 0 Å². The van der Waals surface area contributed by atoms with Gasteiger partial charge >= 0.3 is 0 Å². The van der Waals surface area contributed by atoms with Crippen LogP contribution >= 0.6 is 0 Å². The van der Waals surface area contributed by atoms with Crippen molar-refractivity contribution in [1.82, 2.24) is 0 Å². The van der Waals surface area contributed by atoms with Crippen LogP contribution in [0.2, 0.25) is 0 Å². The number of rotatable bonds is 12. The van der Waals surface area contributed by atoms with Crippen LogP contribution in [0.3, 0.4) is 0 Å². The third-order valence-electron chi connectivity index (χ3n) is 4.58. The molecule has 0 bridgehead atoms. The normalized spacial score (nSPS) is 10.7. The molecule has 0 fully saturated rings. The molecular formula is C26H30O4. The van der Waals surface area contributed by atoms with Crippen LogP contribution in [-0.4, -0.2) is 13.2 Å². The molecule has 0 saturated heterocycles. The van der Waals surface area contributed by atoms with Gasteiger partial charge in [0.25, 0.3) is 0 Å². The quantitative estimate of drug-likeness (QED) is 0.374. The zero-order valence-electron chi connectivity index (χ0n) is 17.8. The van der Waals surface area contributed by atoms with Gasteiger partial charge in [-0.1, -0.05) is 60.7 Å². The van der Waals surface area contributed by atoms with E-state index >= 15 is 0 Å². The lowest BCUT2D eigenvalue weighted by Crippen LogP contribution is -2.05. The highest BCUT2D eigenvalue weighted by Gasteiger charge is 2.13. The largest absolute Gasteiger partial charge is 0.493 e. The second kappa shape index (κ2) is 12.0. The predicted octanol–water partition coefficient (Wildman–Crippen LogP) is 5.92. The number of benzene rings is 3. The molecule has 0 N–H and O–H groups in total. The van der Waals surface area contributed by atoms with E-state index in [9.17, 15) is 0 Å². The van der Waals surface area contributed by atoms with Gasteiger partial charge in [0.05, 0.1) is 39.6 Å². The smallest absolute Gasteiger partial charge is 0.125 e. The first-order valence-corrected chi connectivity index (χ1v) is 10.4. The van der Waals surface area contributed by atoms with Gasteiger partial charge in [-0.15, -0.1) is 0 Å². The molecular weight excluding hydrogens is 376 g/mol. The summed E-state index contributed by atoms with van der Waals surface area (Å²) in [5, 5.41) is 0. The maximum Gasteiger partial charge on any atom is 0.125 e. The van der Waals surface area contributed by atoms with E-state index in [1.807, 2.05) is 62.4 Å². The lowest BCUT2D eigenvalue weighted by molar-refractivity contribution is 0.101. The first kappa shape index (κ1) is 21.9. The van der Waals surface area contributed by atoms with Gasteiger partial charge in [-0.2, -0.15) is 0 Å². The van der Waals surface area contributed by atoms with Crippen molar-refractivity contribution in [3.63, 3.8) is 0 Å². The molecule has 0 saturated carbocycles. The molecule has 3 rings (SSSR count). The molecule has 158 valence electrons. The van der Waals surface area contributed by atoms with E-state index in [4.69, 9.17) is 18.9 Å². The van der Waals surface area contributed by atoms with Crippen molar-refractivity contribution in [3.05, 3.63) is 95.1 Å². The summed E-state index contributed by atoms with van der Waals surface area (Å²) in [5.41, 5.74) is 4.24. The highest BCUT2D eigenvalue weighted by Crippen LogP contribution is 2.31. The molecule has 0 amide bonds. The molecule has 0 unspecified atom stereocenters. The van der Waals surface area contributed by atoms with E-state index in [0.717, 1.165) is 33.8 Å². The Hall–Kier alpha value is -2.82. The Bertz CT molecular complexity index is 803. The molecule has 30 heavy (non-hydrogen) atoms. The monoisotopic (exact) mass is 406 g/mol. The van der Waals surface area contributed by atoms with Crippen LogP contribution < -0.4 is 9.47 Å². The summed E-state index contributed by atoms with van der Waals surface area (Å²) in [4.78, 5) is 0. The summed E-state index contributed by atoms with van der Waals surface area (Å²) >= 11 is 0. The first-order valence-electron chi connectivity index (χ1n) is 10.4. The molecule has 0 aliphatic carbocycles. The van der Waals surface area contributed by atoms with Crippen molar-refractivity contribution in [2.75, 3.05) is 13.2 Å². The summed E-state index contributed by atoms with van der Waals surface area (Å²) in [5.74, 6) is 1.62. The van der Waals surface area contributed by atoms with Crippen LogP contribution in [-0.2, 0) is 35.9 Å². The summed E-state index contributed by atoms with van der Waals surface area (Å²) < 4.78 is 23.7. The highest BCUT2D eigenvalue weighted by molar-refractivity contribution is 5.46. The van der Waals surface area contributed by atoms with Gasteiger partial charge in [0.15, 0.2) is 0 Å². The number of ether oxygens (including phenoxy) is 4. The third kappa shape index (κ3) is 6.61. The average molecular weight is 407 g/mol. The van der Waals surface area contributed by atoms with Crippen LogP contribution in [0, 0.1) is 0 Å². The van der Waals surface area contributed by atoms with Gasteiger partial charge < -0.3 is 18.9 Å². The molecule has 4 nitrogen and oxygen atoms in total. The molecule has 0 atom stereocenters. The van der Waals surface area contributed by atoms with Crippen molar-refractivity contribution in [2.24, 2.45) is 0 Å². The van der Waals surface area contributed by atoms with Gasteiger partial charge in [-0.05, 0) is 37.1 Å². The summed E-state index contributed by atoms with van der Waals surface area (Å²) in [7, 11) is 0. The first-order chi connectivity index (χ1) is 14.8. The van der Waals surface area contributed by atoms with Gasteiger partial charge in [0.2, 0.25) is 0 Å². The minimum absolute atomic E-state index is 0.454. The molecule has 4 heteroatoms. The van der Waals surface area contributed by atoms with Crippen LogP contribution in [0.1, 0.15) is 36.1 Å². The van der Waals surface area contributed by atoms with Gasteiger partial charge in [-0.25, -0.2) is 0 Å². The predicted molar refractivity (Wildman–Crippen MR) is 119 cm³/mol. The molecule has 3 aromatic carbocycles. The molecule has 0 radical (unpaired) electrons. The van der Waals surface area contributed by atoms with E-state index in [1.54, 1.807) is 0 Å². The second-order valence-corrected chi connectivity index (χ2v) is 6.89. The SMILES string of the molecule is CCOc1cc(COCc2ccccc2)c(OCC)cc1COCc1ccccc1. The van der Waals surface area contributed by atoms with Crippen LogP contribution in [0.15, 0.2) is 72.8 Å². The highest BCUT2D eigenvalue weighted by atomic mass is 16.5. The van der Waals surface area contributed by atoms with E-state index < -0.39 is 0 Å². The Morgan fingerprint density at radius 2 is 0.933 bits per heavy atom. The van der Waals surface area contributed by atoms with Crippen molar-refractivity contribution in [1.29, 1.82) is 0 Å². The van der Waals surface area contributed by atoms with E-state index in [1.165, 1.54) is 0 Å². The van der Waals surface area contributed by atoms with Crippen molar-refractivity contribution in [2.45, 2.75) is 40.3 Å². The topological polar surface area (TPSA) is 36.9 Å². The molecule has 0 aliphatic heterocycles. The summed E-state index contributed by atoms with van der Waals surface area (Å²) in [6, 6.07) is 24.3. The second-order valence-electron chi connectivity index (χ2n) is 6.89. The average Bonchev–Trinajstić information content (AvgIpc) is 2.78. The fraction of sp³-hybridized carbons (Fsp3) is 0.308. The van der Waals surface area contributed by atoms with E-state index in [2.05, 4.69) is 24.3 Å². The van der Waals surface area contributed by atoms with Gasteiger partial charge in [-0.3, -0.25) is 0 Å². The Labute approximate surface area is 179 Å². The molecule has 0 heterocycles. The van der Waals surface area contributed by atoms with E-state index in [-0.39, 0.29) is 0 Å². The lowest BCUT2D eigenvalue weighted by atomic mass is 10.1.